The normalized spacial score (nSPS) is 16.7. The van der Waals surface area contributed by atoms with Gasteiger partial charge < -0.3 is 10.1 Å². The second kappa shape index (κ2) is 10.1. The lowest BCUT2D eigenvalue weighted by molar-refractivity contribution is -0.121. The van der Waals surface area contributed by atoms with Crippen LogP contribution in [0.3, 0.4) is 0 Å². The minimum atomic E-state index is -3.96. The molecule has 0 aromatic heterocycles. The van der Waals surface area contributed by atoms with Crippen molar-refractivity contribution in [2.45, 2.75) is 37.3 Å². The maximum Gasteiger partial charge on any atom is 0.243 e. The summed E-state index contributed by atoms with van der Waals surface area (Å²) in [6, 6.07) is 11.4. The molecular weight excluding hydrogens is 447 g/mol. The van der Waals surface area contributed by atoms with Gasteiger partial charge in [0.1, 0.15) is 0 Å². The van der Waals surface area contributed by atoms with Crippen molar-refractivity contribution in [1.82, 2.24) is 9.62 Å². The number of carbonyl (C=O) groups is 1. The molecule has 0 spiro atoms. The molecular formula is C21H24Cl2N2O4S. The van der Waals surface area contributed by atoms with E-state index < -0.39 is 15.9 Å². The summed E-state index contributed by atoms with van der Waals surface area (Å²) >= 11 is 12.5. The van der Waals surface area contributed by atoms with Crippen LogP contribution in [0.15, 0.2) is 47.4 Å². The third kappa shape index (κ3) is 5.74. The topological polar surface area (TPSA) is 75.7 Å². The number of hydrogen-bond acceptors (Lipinski definition) is 4. The van der Waals surface area contributed by atoms with Crippen LogP contribution in [0.25, 0.3) is 0 Å². The van der Waals surface area contributed by atoms with E-state index in [-0.39, 0.29) is 24.1 Å². The van der Waals surface area contributed by atoms with Crippen LogP contribution in [0.2, 0.25) is 10.0 Å². The number of halogens is 2. The molecule has 162 valence electrons. The fourth-order valence-electron chi connectivity index (χ4n) is 3.19. The van der Waals surface area contributed by atoms with Gasteiger partial charge >= 0.3 is 0 Å². The molecule has 30 heavy (non-hydrogen) atoms. The number of nitrogens with one attached hydrogen (secondary N) is 1. The SMILES string of the molecule is Cc1ccc(S(=O)(=O)N(CC(=O)NC[C@@H]2CCCO2)Cc2c(Cl)cccc2Cl)cc1. The van der Waals surface area contributed by atoms with E-state index in [1.165, 1.54) is 12.1 Å². The minimum absolute atomic E-state index is 0.0332. The van der Waals surface area contributed by atoms with E-state index in [0.29, 0.717) is 28.8 Å². The molecule has 1 fully saturated rings. The highest BCUT2D eigenvalue weighted by Gasteiger charge is 2.28. The number of aryl methyl sites for hydroxylation is 1. The zero-order valence-corrected chi connectivity index (χ0v) is 18.9. The third-order valence-corrected chi connectivity index (χ3v) is 7.44. The smallest absolute Gasteiger partial charge is 0.243 e. The van der Waals surface area contributed by atoms with Crippen molar-refractivity contribution in [3.05, 3.63) is 63.6 Å². The first-order chi connectivity index (χ1) is 14.3. The molecule has 2 aromatic carbocycles. The first kappa shape index (κ1) is 23.0. The van der Waals surface area contributed by atoms with Gasteiger partial charge in [0.15, 0.2) is 0 Å². The first-order valence-electron chi connectivity index (χ1n) is 9.65. The molecule has 0 radical (unpaired) electrons. The second-order valence-electron chi connectivity index (χ2n) is 7.23. The number of nitrogens with zero attached hydrogens (tertiary/aromatic N) is 1. The fourth-order valence-corrected chi connectivity index (χ4v) is 5.08. The Bertz CT molecular complexity index is 970. The summed E-state index contributed by atoms with van der Waals surface area (Å²) in [5, 5.41) is 3.45. The summed E-state index contributed by atoms with van der Waals surface area (Å²) in [6.45, 7) is 2.42. The Morgan fingerprint density at radius 1 is 1.17 bits per heavy atom. The number of sulfonamides is 1. The molecule has 2 aromatic rings. The van der Waals surface area contributed by atoms with Gasteiger partial charge in [-0.25, -0.2) is 8.42 Å². The molecule has 3 rings (SSSR count). The van der Waals surface area contributed by atoms with E-state index in [1.54, 1.807) is 30.3 Å². The van der Waals surface area contributed by atoms with Crippen LogP contribution in [-0.2, 0) is 26.1 Å². The molecule has 1 amide bonds. The van der Waals surface area contributed by atoms with Crippen molar-refractivity contribution in [2.75, 3.05) is 19.7 Å². The predicted molar refractivity (Wildman–Crippen MR) is 117 cm³/mol. The summed E-state index contributed by atoms with van der Waals surface area (Å²) in [5.41, 5.74) is 1.38. The van der Waals surface area contributed by atoms with E-state index >= 15 is 0 Å². The monoisotopic (exact) mass is 470 g/mol. The van der Waals surface area contributed by atoms with Crippen molar-refractivity contribution >= 4 is 39.1 Å². The van der Waals surface area contributed by atoms with Crippen LogP contribution in [-0.4, -0.2) is 44.4 Å². The average Bonchev–Trinajstić information content (AvgIpc) is 3.22. The largest absolute Gasteiger partial charge is 0.376 e. The van der Waals surface area contributed by atoms with Crippen molar-refractivity contribution < 1.29 is 17.9 Å². The van der Waals surface area contributed by atoms with Gasteiger partial charge in [0.25, 0.3) is 0 Å². The Labute approximate surface area is 187 Å². The van der Waals surface area contributed by atoms with Crippen LogP contribution in [0.5, 0.6) is 0 Å². The predicted octanol–water partition coefficient (Wildman–Crippen LogP) is 3.79. The second-order valence-corrected chi connectivity index (χ2v) is 9.98. The summed E-state index contributed by atoms with van der Waals surface area (Å²) < 4.78 is 33.2. The van der Waals surface area contributed by atoms with Gasteiger partial charge in [-0.05, 0) is 44.0 Å². The Morgan fingerprint density at radius 2 is 1.83 bits per heavy atom. The summed E-state index contributed by atoms with van der Waals surface area (Å²) in [6.07, 6.45) is 1.80. The van der Waals surface area contributed by atoms with Crippen LogP contribution in [0, 0.1) is 6.92 Å². The molecule has 0 aliphatic carbocycles. The fraction of sp³-hybridized carbons (Fsp3) is 0.381. The Hall–Kier alpha value is -1.64. The van der Waals surface area contributed by atoms with Crippen LogP contribution < -0.4 is 5.32 Å². The van der Waals surface area contributed by atoms with Gasteiger partial charge in [0.05, 0.1) is 17.5 Å². The molecule has 1 atom stereocenters. The highest BCUT2D eigenvalue weighted by atomic mass is 35.5. The van der Waals surface area contributed by atoms with Crippen molar-refractivity contribution in [2.24, 2.45) is 0 Å². The van der Waals surface area contributed by atoms with Crippen molar-refractivity contribution in [3.63, 3.8) is 0 Å². The third-order valence-electron chi connectivity index (χ3n) is 4.93. The van der Waals surface area contributed by atoms with Crippen molar-refractivity contribution in [1.29, 1.82) is 0 Å². The molecule has 0 unspecified atom stereocenters. The lowest BCUT2D eigenvalue weighted by Gasteiger charge is -2.23. The lowest BCUT2D eigenvalue weighted by atomic mass is 10.2. The molecule has 1 saturated heterocycles. The maximum atomic E-state index is 13.3. The number of hydrogen-bond donors (Lipinski definition) is 1. The molecule has 1 heterocycles. The molecule has 0 saturated carbocycles. The van der Waals surface area contributed by atoms with Gasteiger partial charge in [-0.3, -0.25) is 4.79 Å². The van der Waals surface area contributed by atoms with Crippen LogP contribution >= 0.6 is 23.2 Å². The Balaban J connectivity index is 1.83. The summed E-state index contributed by atoms with van der Waals surface area (Å²) in [5.74, 6) is -0.413. The summed E-state index contributed by atoms with van der Waals surface area (Å²) in [4.78, 5) is 12.7. The highest BCUT2D eigenvalue weighted by molar-refractivity contribution is 7.89. The van der Waals surface area contributed by atoms with E-state index in [9.17, 15) is 13.2 Å². The number of benzene rings is 2. The highest BCUT2D eigenvalue weighted by Crippen LogP contribution is 2.28. The number of rotatable bonds is 8. The number of amides is 1. The van der Waals surface area contributed by atoms with Crippen LogP contribution in [0.4, 0.5) is 0 Å². The van der Waals surface area contributed by atoms with Gasteiger partial charge in [-0.1, -0.05) is 47.0 Å². The zero-order chi connectivity index (χ0) is 21.7. The van der Waals surface area contributed by atoms with Gasteiger partial charge in [0.2, 0.25) is 15.9 Å². The van der Waals surface area contributed by atoms with Gasteiger partial charge in [-0.15, -0.1) is 0 Å². The average molecular weight is 471 g/mol. The standard InChI is InChI=1S/C21H24Cl2N2O4S/c1-15-7-9-17(10-8-15)30(27,28)25(13-18-19(22)5-2-6-20(18)23)14-21(26)24-12-16-4-3-11-29-16/h2,5-10,16H,3-4,11-14H2,1H3,(H,24,26)/t16-/m0/s1. The zero-order valence-electron chi connectivity index (χ0n) is 16.6. The van der Waals surface area contributed by atoms with E-state index in [2.05, 4.69) is 5.32 Å². The molecule has 1 aliphatic rings. The first-order valence-corrected chi connectivity index (χ1v) is 11.8. The Kier molecular flexibility index (Phi) is 7.76. The molecule has 9 heteroatoms. The lowest BCUT2D eigenvalue weighted by Crippen LogP contribution is -2.42. The summed E-state index contributed by atoms with van der Waals surface area (Å²) in [7, 11) is -3.96. The van der Waals surface area contributed by atoms with Crippen molar-refractivity contribution in [3.8, 4) is 0 Å². The Morgan fingerprint density at radius 3 is 2.43 bits per heavy atom. The van der Waals surface area contributed by atoms with Gasteiger partial charge in [-0.2, -0.15) is 4.31 Å². The quantitative estimate of drug-likeness (QED) is 0.636. The van der Waals surface area contributed by atoms with E-state index in [0.717, 1.165) is 22.7 Å². The molecule has 1 aliphatic heterocycles. The molecule has 1 N–H and O–H groups in total. The van der Waals surface area contributed by atoms with Gasteiger partial charge in [0, 0.05) is 35.3 Å². The van der Waals surface area contributed by atoms with E-state index in [1.807, 2.05) is 6.92 Å². The molecule has 0 bridgehead atoms. The minimum Gasteiger partial charge on any atom is -0.376 e. The van der Waals surface area contributed by atoms with E-state index in [4.69, 9.17) is 27.9 Å². The number of carbonyl (C=O) groups excluding carboxylic acids is 1. The number of ether oxygens (including phenoxy) is 1. The van der Waals surface area contributed by atoms with Crippen LogP contribution in [0.1, 0.15) is 24.0 Å². The molecule has 6 nitrogen and oxygen atoms in total. The maximum absolute atomic E-state index is 13.3.